The molecule has 3 aromatic heterocycles. The molecular weight excluding hydrogens is 773 g/mol. The summed E-state index contributed by atoms with van der Waals surface area (Å²) < 4.78 is 4.58. The summed E-state index contributed by atoms with van der Waals surface area (Å²) in [5.41, 5.74) is 19.7. The monoisotopic (exact) mass is 812 g/mol. The molecule has 5 heteroatoms. The standard InChI is InChI=1S/C57H40N4S/c1-57(2)46-23-14-22-45(54(46)62-55-47(57)24-15-35-58-55)38-31-29-37(30-32-38)43-33-34-44(53(40-18-7-4-8-19-40)52(43)39-16-5-3-6-17-39)41-20-13-21-42(36-41)60-50-27-11-12-28-51(50)61-49-26-10-9-25-48(49)59-56(60)61/h3-36H,1-2H3. The van der Waals surface area contributed by atoms with Crippen molar-refractivity contribution >= 4 is 39.6 Å². The van der Waals surface area contributed by atoms with Crippen LogP contribution in [0.5, 0.6) is 0 Å². The zero-order chi connectivity index (χ0) is 41.4. The molecule has 0 radical (unpaired) electrons. The number of aromatic nitrogens is 4. The first-order valence-electron chi connectivity index (χ1n) is 21.2. The molecule has 0 N–H and O–H groups in total. The summed E-state index contributed by atoms with van der Waals surface area (Å²) in [4.78, 5) is 11.3. The maximum atomic E-state index is 5.18. The quantitative estimate of drug-likeness (QED) is 0.168. The van der Waals surface area contributed by atoms with Crippen LogP contribution in [0.4, 0.5) is 0 Å². The molecule has 0 atom stereocenters. The molecule has 0 saturated carbocycles. The molecule has 0 amide bonds. The molecule has 4 nitrogen and oxygen atoms in total. The highest BCUT2D eigenvalue weighted by molar-refractivity contribution is 7.99. The largest absolute Gasteiger partial charge is 0.278 e. The van der Waals surface area contributed by atoms with Crippen molar-refractivity contribution in [1.82, 2.24) is 18.9 Å². The molecule has 62 heavy (non-hydrogen) atoms. The Morgan fingerprint density at radius 2 is 1.03 bits per heavy atom. The van der Waals surface area contributed by atoms with Crippen molar-refractivity contribution in [2.24, 2.45) is 0 Å². The summed E-state index contributed by atoms with van der Waals surface area (Å²) in [7, 11) is 0. The zero-order valence-electron chi connectivity index (χ0n) is 34.3. The van der Waals surface area contributed by atoms with Crippen LogP contribution < -0.4 is 0 Å². The molecule has 8 aromatic carbocycles. The second-order valence-electron chi connectivity index (χ2n) is 16.6. The molecule has 0 fully saturated rings. The molecule has 4 heterocycles. The fourth-order valence-electron chi connectivity index (χ4n) is 9.70. The van der Waals surface area contributed by atoms with Crippen molar-refractivity contribution in [3.05, 3.63) is 218 Å². The Morgan fingerprint density at radius 3 is 1.76 bits per heavy atom. The summed E-state index contributed by atoms with van der Waals surface area (Å²) >= 11 is 1.79. The fourth-order valence-corrected chi connectivity index (χ4v) is 11.2. The van der Waals surface area contributed by atoms with Gasteiger partial charge in [-0.2, -0.15) is 0 Å². The first-order chi connectivity index (χ1) is 30.5. The Balaban J connectivity index is 1.03. The van der Waals surface area contributed by atoms with Crippen LogP contribution in [0.25, 0.3) is 89.2 Å². The van der Waals surface area contributed by atoms with Crippen molar-refractivity contribution < 1.29 is 0 Å². The lowest BCUT2D eigenvalue weighted by molar-refractivity contribution is 0.599. The maximum Gasteiger partial charge on any atom is 0.220 e. The minimum atomic E-state index is -0.143. The SMILES string of the molecule is CC1(C)c2cccnc2Sc2c(-c3ccc(-c4ccc(-c5cccc(-n6c7ccccc7n7c8ccccc8nc67)c5)c(-c5ccccc5)c4-c4ccccc4)cc3)cccc21. The van der Waals surface area contributed by atoms with Crippen LogP contribution in [-0.4, -0.2) is 18.9 Å². The number of hydrogen-bond donors (Lipinski definition) is 0. The maximum absolute atomic E-state index is 5.18. The first kappa shape index (κ1) is 36.4. The van der Waals surface area contributed by atoms with Crippen molar-refractivity contribution in [2.75, 3.05) is 0 Å². The Hall–Kier alpha value is -7.47. The molecule has 294 valence electrons. The van der Waals surface area contributed by atoms with Gasteiger partial charge in [-0.3, -0.25) is 8.97 Å². The van der Waals surface area contributed by atoms with Crippen LogP contribution in [0.15, 0.2) is 216 Å². The molecule has 11 aromatic rings. The second-order valence-corrected chi connectivity index (χ2v) is 17.6. The van der Waals surface area contributed by atoms with Gasteiger partial charge in [0.25, 0.3) is 0 Å². The number of fused-ring (bicyclic) bond motifs is 7. The van der Waals surface area contributed by atoms with Gasteiger partial charge in [0.2, 0.25) is 5.78 Å². The van der Waals surface area contributed by atoms with Crippen LogP contribution in [0, 0.1) is 0 Å². The predicted octanol–water partition coefficient (Wildman–Crippen LogP) is 15.0. The van der Waals surface area contributed by atoms with Crippen molar-refractivity contribution in [3.8, 4) is 61.3 Å². The number of hydrogen-bond acceptors (Lipinski definition) is 3. The van der Waals surface area contributed by atoms with E-state index in [-0.39, 0.29) is 5.41 Å². The van der Waals surface area contributed by atoms with Gasteiger partial charge in [-0.05, 0) is 109 Å². The van der Waals surface area contributed by atoms with Gasteiger partial charge in [0.15, 0.2) is 0 Å². The van der Waals surface area contributed by atoms with Crippen molar-refractivity contribution in [1.29, 1.82) is 0 Å². The second kappa shape index (κ2) is 14.3. The molecule has 0 aliphatic carbocycles. The third-order valence-corrected chi connectivity index (χ3v) is 13.9. The smallest absolute Gasteiger partial charge is 0.220 e. The van der Waals surface area contributed by atoms with Crippen molar-refractivity contribution in [3.63, 3.8) is 0 Å². The van der Waals surface area contributed by atoms with Crippen LogP contribution in [-0.2, 0) is 5.41 Å². The van der Waals surface area contributed by atoms with Crippen LogP contribution in [0.2, 0.25) is 0 Å². The van der Waals surface area contributed by atoms with Gasteiger partial charge >= 0.3 is 0 Å². The summed E-state index contributed by atoms with van der Waals surface area (Å²) in [5.74, 6) is 0.899. The molecule has 0 spiro atoms. The van der Waals surface area contributed by atoms with E-state index in [1.54, 1.807) is 11.8 Å². The minimum absolute atomic E-state index is 0.143. The number of pyridine rings is 1. The Morgan fingerprint density at radius 1 is 0.452 bits per heavy atom. The van der Waals surface area contributed by atoms with Crippen LogP contribution in [0.1, 0.15) is 25.0 Å². The van der Waals surface area contributed by atoms with Gasteiger partial charge in [-0.25, -0.2) is 9.97 Å². The average Bonchev–Trinajstić information content (AvgIpc) is 3.86. The Labute approximate surface area is 364 Å². The number of imidazole rings is 2. The zero-order valence-corrected chi connectivity index (χ0v) is 35.1. The van der Waals surface area contributed by atoms with E-state index in [1.807, 2.05) is 6.20 Å². The van der Waals surface area contributed by atoms with Gasteiger partial charge < -0.3 is 0 Å². The number of para-hydroxylation sites is 4. The average molecular weight is 813 g/mol. The molecule has 1 aliphatic rings. The van der Waals surface area contributed by atoms with Gasteiger partial charge in [0, 0.05) is 22.2 Å². The summed E-state index contributed by atoms with van der Waals surface area (Å²) in [6.07, 6.45) is 1.91. The highest BCUT2D eigenvalue weighted by atomic mass is 32.2. The molecule has 0 bridgehead atoms. The van der Waals surface area contributed by atoms with E-state index in [2.05, 4.69) is 223 Å². The molecule has 0 saturated heterocycles. The van der Waals surface area contributed by atoms with Gasteiger partial charge in [0.1, 0.15) is 5.03 Å². The van der Waals surface area contributed by atoms with E-state index >= 15 is 0 Å². The Bertz CT molecular complexity index is 3510. The van der Waals surface area contributed by atoms with E-state index in [1.165, 1.54) is 66.1 Å². The lowest BCUT2D eigenvalue weighted by Crippen LogP contribution is -2.24. The lowest BCUT2D eigenvalue weighted by Gasteiger charge is -2.34. The summed E-state index contributed by atoms with van der Waals surface area (Å²) in [5, 5.41) is 1.09. The normalized spacial score (nSPS) is 13.1. The third kappa shape index (κ3) is 5.69. The number of rotatable bonds is 6. The van der Waals surface area contributed by atoms with Crippen LogP contribution >= 0.6 is 11.8 Å². The number of benzene rings is 8. The lowest BCUT2D eigenvalue weighted by atomic mass is 9.77. The summed E-state index contributed by atoms with van der Waals surface area (Å²) in [6.45, 7) is 4.63. The first-order valence-corrected chi connectivity index (χ1v) is 22.0. The van der Waals surface area contributed by atoms with E-state index in [4.69, 9.17) is 9.97 Å². The van der Waals surface area contributed by atoms with E-state index in [0.29, 0.717) is 0 Å². The highest BCUT2D eigenvalue weighted by Gasteiger charge is 2.35. The Kier molecular flexibility index (Phi) is 8.41. The summed E-state index contributed by atoms with van der Waals surface area (Å²) in [6, 6.07) is 72.5. The third-order valence-electron chi connectivity index (χ3n) is 12.7. The van der Waals surface area contributed by atoms with E-state index < -0.39 is 0 Å². The highest BCUT2D eigenvalue weighted by Crippen LogP contribution is 2.52. The predicted molar refractivity (Wildman–Crippen MR) is 257 cm³/mol. The molecule has 12 rings (SSSR count). The number of nitrogens with zero attached hydrogens (tertiary/aromatic N) is 4. The van der Waals surface area contributed by atoms with Gasteiger partial charge in [0.05, 0.1) is 22.1 Å². The molecule has 1 aliphatic heterocycles. The van der Waals surface area contributed by atoms with E-state index in [0.717, 1.165) is 44.1 Å². The molecule has 0 unspecified atom stereocenters. The van der Waals surface area contributed by atoms with Gasteiger partial charge in [-0.15, -0.1) is 0 Å². The van der Waals surface area contributed by atoms with Crippen molar-refractivity contribution in [2.45, 2.75) is 29.2 Å². The molecular formula is C57H40N4S. The minimum Gasteiger partial charge on any atom is -0.278 e. The topological polar surface area (TPSA) is 35.1 Å². The van der Waals surface area contributed by atoms with E-state index in [9.17, 15) is 0 Å². The van der Waals surface area contributed by atoms with Gasteiger partial charge in [-0.1, -0.05) is 183 Å². The van der Waals surface area contributed by atoms with Crippen LogP contribution in [0.3, 0.4) is 0 Å². The fraction of sp³-hybridized carbons (Fsp3) is 0.0526.